The van der Waals surface area contributed by atoms with Crippen molar-refractivity contribution in [3.05, 3.63) is 164 Å². The van der Waals surface area contributed by atoms with E-state index in [0.29, 0.717) is 0 Å². The van der Waals surface area contributed by atoms with Crippen molar-refractivity contribution in [3.63, 3.8) is 0 Å². The van der Waals surface area contributed by atoms with Crippen LogP contribution in [0.4, 0.5) is 0 Å². The Labute approximate surface area is 301 Å². The molecule has 0 spiro atoms. The fourth-order valence-electron chi connectivity index (χ4n) is 8.43. The van der Waals surface area contributed by atoms with Crippen LogP contribution in [0.2, 0.25) is 0 Å². The van der Waals surface area contributed by atoms with E-state index < -0.39 is 0 Å². The fraction of sp³-hybridized carbons (Fsp3) is 0. The molecular weight excluding hydrogens is 655 g/mol. The van der Waals surface area contributed by atoms with E-state index >= 15 is 0 Å². The number of nitrogens with zero attached hydrogens (tertiary/aromatic N) is 1. The molecule has 242 valence electrons. The number of fused-ring (bicyclic) bond motifs is 12. The van der Waals surface area contributed by atoms with Gasteiger partial charge in [0.15, 0.2) is 0 Å². The molecule has 0 saturated heterocycles. The van der Waals surface area contributed by atoms with E-state index in [1.54, 1.807) is 0 Å². The highest BCUT2D eigenvalue weighted by molar-refractivity contribution is 7.25. The van der Waals surface area contributed by atoms with E-state index in [1.165, 1.54) is 47.6 Å². The lowest BCUT2D eigenvalue weighted by Crippen LogP contribution is -1.95. The number of rotatable bonds is 3. The van der Waals surface area contributed by atoms with E-state index in [1.807, 2.05) is 29.5 Å². The molecule has 0 aliphatic carbocycles. The minimum Gasteiger partial charge on any atom is -0.456 e. The summed E-state index contributed by atoms with van der Waals surface area (Å²) in [6, 6.07) is 59.0. The monoisotopic (exact) mass is 681 g/mol. The first kappa shape index (κ1) is 28.1. The number of hydrogen-bond donors (Lipinski definition) is 0. The van der Waals surface area contributed by atoms with Crippen molar-refractivity contribution in [1.82, 2.24) is 4.57 Å². The minimum absolute atomic E-state index is 0.882. The molecule has 0 radical (unpaired) electrons. The molecule has 3 nitrogen and oxygen atoms in total. The van der Waals surface area contributed by atoms with E-state index in [0.717, 1.165) is 66.2 Å². The Morgan fingerprint density at radius 1 is 0.365 bits per heavy atom. The standard InChI is InChI=1S/C48H27NO2S/c1-5-13-40-32(9-1)37-23-28(29-18-21-44-38(24-29)33-10-2-6-14-42(33)50-44)17-20-41(37)49(40)31-26-36(48-35-12-3-7-15-43(35)51-45(48)27-31)30-19-22-47-39(25-30)34-11-4-8-16-46(34)52-47/h1-27H. The number of benzene rings is 8. The molecule has 0 saturated carbocycles. The maximum atomic E-state index is 6.64. The molecule has 0 bridgehead atoms. The lowest BCUT2D eigenvalue weighted by atomic mass is 9.97. The Kier molecular flexibility index (Phi) is 5.65. The number of furan rings is 2. The molecular formula is C48H27NO2S. The normalized spacial score (nSPS) is 12.2. The van der Waals surface area contributed by atoms with E-state index in [2.05, 4.69) is 150 Å². The van der Waals surface area contributed by atoms with Crippen LogP contribution in [-0.4, -0.2) is 4.57 Å². The summed E-state index contributed by atoms with van der Waals surface area (Å²) in [6.45, 7) is 0. The van der Waals surface area contributed by atoms with Crippen molar-refractivity contribution < 1.29 is 8.83 Å². The van der Waals surface area contributed by atoms with Gasteiger partial charge in [0, 0.05) is 58.6 Å². The molecule has 12 rings (SSSR count). The van der Waals surface area contributed by atoms with Crippen LogP contribution < -0.4 is 0 Å². The molecule has 4 aromatic heterocycles. The van der Waals surface area contributed by atoms with Crippen molar-refractivity contribution in [1.29, 1.82) is 0 Å². The van der Waals surface area contributed by atoms with E-state index in [9.17, 15) is 0 Å². The van der Waals surface area contributed by atoms with Crippen molar-refractivity contribution in [2.45, 2.75) is 0 Å². The van der Waals surface area contributed by atoms with Crippen LogP contribution in [0.15, 0.2) is 173 Å². The zero-order chi connectivity index (χ0) is 33.9. The Balaban J connectivity index is 1.10. The molecule has 0 atom stereocenters. The van der Waals surface area contributed by atoms with Gasteiger partial charge in [-0.3, -0.25) is 0 Å². The van der Waals surface area contributed by atoms with Gasteiger partial charge in [0.25, 0.3) is 0 Å². The molecule has 0 unspecified atom stereocenters. The Morgan fingerprint density at radius 3 is 1.85 bits per heavy atom. The molecule has 4 heterocycles. The highest BCUT2D eigenvalue weighted by Gasteiger charge is 2.20. The third kappa shape index (κ3) is 3.95. The third-order valence-electron chi connectivity index (χ3n) is 10.8. The van der Waals surface area contributed by atoms with Crippen molar-refractivity contribution in [3.8, 4) is 27.9 Å². The quantitative estimate of drug-likeness (QED) is 0.186. The fourth-order valence-corrected chi connectivity index (χ4v) is 9.51. The SMILES string of the molecule is c1ccc2c(c1)oc1ccc(-c3ccc4c(c3)c3ccccc3n4-c3cc(-c4ccc5sc6ccccc6c5c4)c4c(c3)oc3ccccc34)cc12. The van der Waals surface area contributed by atoms with Gasteiger partial charge in [0.2, 0.25) is 0 Å². The molecule has 8 aromatic carbocycles. The van der Waals surface area contributed by atoms with E-state index in [4.69, 9.17) is 8.83 Å². The summed E-state index contributed by atoms with van der Waals surface area (Å²) in [5.74, 6) is 0. The molecule has 52 heavy (non-hydrogen) atoms. The zero-order valence-corrected chi connectivity index (χ0v) is 28.6. The van der Waals surface area contributed by atoms with Gasteiger partial charge in [-0.05, 0) is 89.0 Å². The number of thiophene rings is 1. The summed E-state index contributed by atoms with van der Waals surface area (Å²) in [7, 11) is 0. The van der Waals surface area contributed by atoms with Crippen LogP contribution in [0.3, 0.4) is 0 Å². The second-order valence-corrected chi connectivity index (χ2v) is 14.8. The summed E-state index contributed by atoms with van der Waals surface area (Å²) in [5.41, 5.74) is 11.7. The summed E-state index contributed by atoms with van der Waals surface area (Å²) >= 11 is 1.85. The second kappa shape index (κ2) is 10.5. The van der Waals surface area contributed by atoms with Gasteiger partial charge in [-0.1, -0.05) is 91.0 Å². The molecule has 0 fully saturated rings. The van der Waals surface area contributed by atoms with Crippen molar-refractivity contribution in [2.24, 2.45) is 0 Å². The van der Waals surface area contributed by atoms with Crippen LogP contribution in [0, 0.1) is 0 Å². The maximum Gasteiger partial charge on any atom is 0.138 e. The van der Waals surface area contributed by atoms with Crippen LogP contribution in [0.25, 0.3) is 114 Å². The predicted octanol–water partition coefficient (Wildman–Crippen LogP) is 14.3. The van der Waals surface area contributed by atoms with Crippen molar-refractivity contribution in [2.75, 3.05) is 0 Å². The lowest BCUT2D eigenvalue weighted by molar-refractivity contribution is 0.668. The molecule has 0 aliphatic heterocycles. The van der Waals surface area contributed by atoms with E-state index in [-0.39, 0.29) is 0 Å². The second-order valence-electron chi connectivity index (χ2n) is 13.7. The first-order valence-electron chi connectivity index (χ1n) is 17.6. The predicted molar refractivity (Wildman–Crippen MR) is 219 cm³/mol. The molecule has 0 amide bonds. The summed E-state index contributed by atoms with van der Waals surface area (Å²) in [4.78, 5) is 0. The summed E-state index contributed by atoms with van der Waals surface area (Å²) in [5, 5.41) is 9.56. The molecule has 4 heteroatoms. The molecule has 12 aromatic rings. The highest BCUT2D eigenvalue weighted by atomic mass is 32.1. The number of para-hydroxylation sites is 3. The number of aromatic nitrogens is 1. The van der Waals surface area contributed by atoms with Gasteiger partial charge in [-0.2, -0.15) is 0 Å². The van der Waals surface area contributed by atoms with Crippen molar-refractivity contribution >= 4 is 97.2 Å². The summed E-state index contributed by atoms with van der Waals surface area (Å²) in [6.07, 6.45) is 0. The van der Waals surface area contributed by atoms with Crippen LogP contribution in [-0.2, 0) is 0 Å². The smallest absolute Gasteiger partial charge is 0.138 e. The average molecular weight is 682 g/mol. The Morgan fingerprint density at radius 2 is 0.962 bits per heavy atom. The largest absolute Gasteiger partial charge is 0.456 e. The van der Waals surface area contributed by atoms with Gasteiger partial charge in [-0.25, -0.2) is 0 Å². The van der Waals surface area contributed by atoms with Gasteiger partial charge in [-0.15, -0.1) is 11.3 Å². The Bertz CT molecular complexity index is 3430. The molecule has 0 N–H and O–H groups in total. The highest BCUT2D eigenvalue weighted by Crippen LogP contribution is 2.44. The van der Waals surface area contributed by atoms with Gasteiger partial charge >= 0.3 is 0 Å². The third-order valence-corrected chi connectivity index (χ3v) is 11.9. The zero-order valence-electron chi connectivity index (χ0n) is 27.8. The first-order valence-corrected chi connectivity index (χ1v) is 18.4. The van der Waals surface area contributed by atoms with Gasteiger partial charge in [0.05, 0.1) is 16.7 Å². The van der Waals surface area contributed by atoms with Gasteiger partial charge in [0.1, 0.15) is 22.3 Å². The van der Waals surface area contributed by atoms with Crippen LogP contribution in [0.5, 0.6) is 0 Å². The lowest BCUT2D eigenvalue weighted by Gasteiger charge is -2.12. The topological polar surface area (TPSA) is 31.2 Å². The van der Waals surface area contributed by atoms with Gasteiger partial charge < -0.3 is 13.4 Å². The Hall–Kier alpha value is -6.62. The maximum absolute atomic E-state index is 6.64. The van der Waals surface area contributed by atoms with Crippen LogP contribution in [0.1, 0.15) is 0 Å². The number of hydrogen-bond acceptors (Lipinski definition) is 3. The summed E-state index contributed by atoms with van der Waals surface area (Å²) < 4.78 is 17.8. The van der Waals surface area contributed by atoms with Crippen LogP contribution >= 0.6 is 11.3 Å². The average Bonchev–Trinajstić information content (AvgIpc) is 3.95. The first-order chi connectivity index (χ1) is 25.7. The minimum atomic E-state index is 0.882. The molecule has 0 aliphatic rings.